The van der Waals surface area contributed by atoms with Crippen LogP contribution in [0.15, 0.2) is 36.5 Å². The van der Waals surface area contributed by atoms with E-state index in [9.17, 15) is 15.0 Å². The molecule has 2 aliphatic heterocycles. The molecule has 2 aromatic rings. The van der Waals surface area contributed by atoms with Gasteiger partial charge in [0.15, 0.2) is 0 Å². The van der Waals surface area contributed by atoms with Gasteiger partial charge in [-0.1, -0.05) is 30.3 Å². The zero-order chi connectivity index (χ0) is 19.7. The Morgan fingerprint density at radius 3 is 2.57 bits per heavy atom. The Morgan fingerprint density at radius 1 is 1.18 bits per heavy atom. The van der Waals surface area contributed by atoms with E-state index in [1.165, 1.54) is 0 Å². The van der Waals surface area contributed by atoms with E-state index < -0.39 is 17.8 Å². The first-order valence-corrected chi connectivity index (χ1v) is 9.66. The maximum absolute atomic E-state index is 13.2. The van der Waals surface area contributed by atoms with Crippen molar-refractivity contribution in [3.8, 4) is 11.3 Å². The van der Waals surface area contributed by atoms with Crippen LogP contribution in [0.1, 0.15) is 35.4 Å². The van der Waals surface area contributed by atoms with Crippen LogP contribution in [0.2, 0.25) is 0 Å². The van der Waals surface area contributed by atoms with E-state index in [0.29, 0.717) is 49.4 Å². The third-order valence-electron chi connectivity index (χ3n) is 5.73. The van der Waals surface area contributed by atoms with Gasteiger partial charge in [-0.3, -0.25) is 4.79 Å². The van der Waals surface area contributed by atoms with Crippen molar-refractivity contribution in [3.63, 3.8) is 0 Å². The maximum atomic E-state index is 13.2. The number of carbonyl (C=O) groups is 1. The Bertz CT molecular complexity index is 850. The third-order valence-corrected chi connectivity index (χ3v) is 5.73. The van der Waals surface area contributed by atoms with Crippen molar-refractivity contribution in [2.75, 3.05) is 19.7 Å². The quantitative estimate of drug-likeness (QED) is 0.817. The number of carbonyl (C=O) groups excluding carboxylic acids is 1. The predicted octanol–water partition coefficient (Wildman–Crippen LogP) is 1.57. The molecule has 1 amide bonds. The summed E-state index contributed by atoms with van der Waals surface area (Å²) in [6.45, 7) is 3.01. The minimum absolute atomic E-state index is 0.0925. The molecule has 2 aliphatic rings. The molecule has 0 radical (unpaired) electrons. The number of likely N-dealkylation sites (tertiary alicyclic amines) is 1. The van der Waals surface area contributed by atoms with Gasteiger partial charge in [0, 0.05) is 31.3 Å². The van der Waals surface area contributed by atoms with Crippen molar-refractivity contribution < 1.29 is 19.7 Å². The number of aryl methyl sites for hydroxylation is 1. The summed E-state index contributed by atoms with van der Waals surface area (Å²) in [5, 5.41) is 19.7. The zero-order valence-corrected chi connectivity index (χ0v) is 15.9. The molecule has 0 bridgehead atoms. The summed E-state index contributed by atoms with van der Waals surface area (Å²) in [6.07, 6.45) is 1.68. The maximum Gasteiger partial charge on any atom is 0.257 e. The molecule has 1 aromatic heterocycles. The Kier molecular flexibility index (Phi) is 5.14. The molecule has 1 spiro atoms. The Morgan fingerprint density at radius 2 is 1.89 bits per heavy atom. The lowest BCUT2D eigenvalue weighted by molar-refractivity contribution is -0.185. The number of hydrogen-bond donors (Lipinski definition) is 2. The highest BCUT2D eigenvalue weighted by Crippen LogP contribution is 2.36. The van der Waals surface area contributed by atoms with Crippen molar-refractivity contribution in [2.24, 2.45) is 0 Å². The largest absolute Gasteiger partial charge is 0.390 e. The summed E-state index contributed by atoms with van der Waals surface area (Å²) in [7, 11) is 0. The van der Waals surface area contributed by atoms with Gasteiger partial charge in [-0.25, -0.2) is 9.97 Å². The second-order valence-corrected chi connectivity index (χ2v) is 7.67. The molecule has 3 heterocycles. The summed E-state index contributed by atoms with van der Waals surface area (Å²) >= 11 is 0. The van der Waals surface area contributed by atoms with E-state index in [1.54, 1.807) is 11.1 Å². The van der Waals surface area contributed by atoms with E-state index in [-0.39, 0.29) is 12.5 Å². The predicted molar refractivity (Wildman–Crippen MR) is 103 cm³/mol. The second-order valence-electron chi connectivity index (χ2n) is 7.67. The second kappa shape index (κ2) is 7.58. The molecule has 7 heteroatoms. The first-order valence-electron chi connectivity index (χ1n) is 9.66. The monoisotopic (exact) mass is 383 g/mol. The average Bonchev–Trinajstić information content (AvgIpc) is 2.72. The molecule has 0 aliphatic carbocycles. The molecule has 2 N–H and O–H groups in total. The van der Waals surface area contributed by atoms with Crippen LogP contribution >= 0.6 is 0 Å². The van der Waals surface area contributed by atoms with Gasteiger partial charge in [0.05, 0.1) is 29.6 Å². The fourth-order valence-electron chi connectivity index (χ4n) is 4.03. The number of aliphatic hydroxyl groups is 2. The fourth-order valence-corrected chi connectivity index (χ4v) is 4.03. The SMILES string of the molecule is Cc1ncc(C(=O)N2CCC3(CC2)C[C@@H](O)[C@@H](O)CO3)c(-c2ccccc2)n1. The number of hydrogen-bond acceptors (Lipinski definition) is 6. The van der Waals surface area contributed by atoms with Crippen LogP contribution in [0.3, 0.4) is 0 Å². The number of aliphatic hydroxyl groups excluding tert-OH is 2. The van der Waals surface area contributed by atoms with Crippen molar-refractivity contribution in [3.05, 3.63) is 47.9 Å². The molecule has 7 nitrogen and oxygen atoms in total. The van der Waals surface area contributed by atoms with Gasteiger partial charge in [-0.15, -0.1) is 0 Å². The Balaban J connectivity index is 1.52. The first kappa shape index (κ1) is 19.0. The first-order chi connectivity index (χ1) is 13.5. The van der Waals surface area contributed by atoms with Crippen molar-refractivity contribution in [1.29, 1.82) is 0 Å². The van der Waals surface area contributed by atoms with Crippen LogP contribution in [0.25, 0.3) is 11.3 Å². The number of benzene rings is 1. The number of piperidine rings is 1. The van der Waals surface area contributed by atoms with Gasteiger partial charge in [-0.05, 0) is 19.8 Å². The third kappa shape index (κ3) is 3.65. The van der Waals surface area contributed by atoms with Crippen molar-refractivity contribution >= 4 is 5.91 Å². The lowest BCUT2D eigenvalue weighted by Gasteiger charge is -2.46. The summed E-state index contributed by atoms with van der Waals surface area (Å²) < 4.78 is 5.86. The molecule has 1 aromatic carbocycles. The normalized spacial score (nSPS) is 24.3. The van der Waals surface area contributed by atoms with E-state index in [1.807, 2.05) is 37.3 Å². The van der Waals surface area contributed by atoms with E-state index in [0.717, 1.165) is 5.56 Å². The highest BCUT2D eigenvalue weighted by molar-refractivity contribution is 5.99. The van der Waals surface area contributed by atoms with Crippen molar-refractivity contribution in [1.82, 2.24) is 14.9 Å². The Hall–Kier alpha value is -2.35. The van der Waals surface area contributed by atoms with Gasteiger partial charge < -0.3 is 19.8 Å². The minimum Gasteiger partial charge on any atom is -0.390 e. The number of ether oxygens (including phenoxy) is 1. The van der Waals surface area contributed by atoms with Gasteiger partial charge in [0.25, 0.3) is 5.91 Å². The molecule has 2 saturated heterocycles. The molecule has 0 saturated carbocycles. The Labute approximate surface area is 164 Å². The number of amides is 1. The molecule has 28 heavy (non-hydrogen) atoms. The topological polar surface area (TPSA) is 95.8 Å². The molecular weight excluding hydrogens is 358 g/mol. The van der Waals surface area contributed by atoms with Crippen LogP contribution in [0.5, 0.6) is 0 Å². The van der Waals surface area contributed by atoms with Gasteiger partial charge in [0.1, 0.15) is 11.9 Å². The summed E-state index contributed by atoms with van der Waals surface area (Å²) in [5.41, 5.74) is 1.57. The van der Waals surface area contributed by atoms with Crippen LogP contribution < -0.4 is 0 Å². The standard InChI is InChI=1S/C21H25N3O4/c1-14-22-12-16(19(23-14)15-5-3-2-4-6-15)20(27)24-9-7-21(8-10-24)11-17(25)18(26)13-28-21/h2-6,12,17-18,25-26H,7-11,13H2,1H3/t17-,18+/m1/s1. The van der Waals surface area contributed by atoms with Crippen LogP contribution in [0.4, 0.5) is 0 Å². The molecular formula is C21H25N3O4. The number of nitrogens with zero attached hydrogens (tertiary/aromatic N) is 3. The van der Waals surface area contributed by atoms with Gasteiger partial charge >= 0.3 is 0 Å². The zero-order valence-electron chi connectivity index (χ0n) is 15.9. The summed E-state index contributed by atoms with van der Waals surface area (Å²) in [4.78, 5) is 23.8. The van der Waals surface area contributed by atoms with Crippen LogP contribution in [-0.4, -0.2) is 68.5 Å². The van der Waals surface area contributed by atoms with Gasteiger partial charge in [0.2, 0.25) is 0 Å². The highest BCUT2D eigenvalue weighted by Gasteiger charge is 2.43. The number of aromatic nitrogens is 2. The minimum atomic E-state index is -0.830. The van der Waals surface area contributed by atoms with E-state index in [2.05, 4.69) is 9.97 Å². The molecule has 0 unspecified atom stereocenters. The average molecular weight is 383 g/mol. The highest BCUT2D eigenvalue weighted by atomic mass is 16.5. The molecule has 4 rings (SSSR count). The fraction of sp³-hybridized carbons (Fsp3) is 0.476. The van der Waals surface area contributed by atoms with Crippen molar-refractivity contribution in [2.45, 2.75) is 44.0 Å². The smallest absolute Gasteiger partial charge is 0.257 e. The van der Waals surface area contributed by atoms with E-state index >= 15 is 0 Å². The lowest BCUT2D eigenvalue weighted by atomic mass is 9.82. The summed E-state index contributed by atoms with van der Waals surface area (Å²) in [5.74, 6) is 0.529. The molecule has 2 atom stereocenters. The molecule has 148 valence electrons. The van der Waals surface area contributed by atoms with Crippen LogP contribution in [-0.2, 0) is 4.74 Å². The lowest BCUT2D eigenvalue weighted by Crippen LogP contribution is -2.55. The molecule has 2 fully saturated rings. The number of rotatable bonds is 2. The van der Waals surface area contributed by atoms with Gasteiger partial charge in [-0.2, -0.15) is 0 Å². The summed E-state index contributed by atoms with van der Waals surface area (Å²) in [6, 6.07) is 9.65. The van der Waals surface area contributed by atoms with E-state index in [4.69, 9.17) is 4.74 Å². The van der Waals surface area contributed by atoms with Crippen LogP contribution in [0, 0.1) is 6.92 Å².